The quantitative estimate of drug-likeness (QED) is 0.328. The van der Waals surface area contributed by atoms with Crippen LogP contribution in [0.3, 0.4) is 0 Å². The molecule has 4 aromatic rings. The molecule has 2 aliphatic rings. The third-order valence-electron chi connectivity index (χ3n) is 7.44. The Morgan fingerprint density at radius 1 is 1.13 bits per heavy atom. The lowest BCUT2D eigenvalue weighted by Gasteiger charge is -2.21. The zero-order chi connectivity index (χ0) is 26.6. The number of aryl methyl sites for hydroxylation is 2. The van der Waals surface area contributed by atoms with Crippen molar-refractivity contribution in [1.82, 2.24) is 40.3 Å². The Kier molecular flexibility index (Phi) is 6.12. The van der Waals surface area contributed by atoms with Crippen LogP contribution in [-0.4, -0.2) is 59.1 Å². The number of nitrogens with one attached hydrogen (secondary N) is 1. The number of aliphatic hydroxyl groups is 1. The number of benzene rings is 1. The lowest BCUT2D eigenvalue weighted by atomic mass is 10.1. The molecule has 38 heavy (non-hydrogen) atoms. The van der Waals surface area contributed by atoms with Crippen LogP contribution in [0.5, 0.6) is 0 Å². The van der Waals surface area contributed by atoms with E-state index in [1.165, 1.54) is 11.0 Å². The molecule has 1 aliphatic carbocycles. The van der Waals surface area contributed by atoms with Crippen molar-refractivity contribution in [2.45, 2.75) is 39.1 Å². The highest BCUT2D eigenvalue weighted by molar-refractivity contribution is 6.30. The first-order valence-corrected chi connectivity index (χ1v) is 12.6. The van der Waals surface area contributed by atoms with Gasteiger partial charge >= 0.3 is 0 Å². The number of alkyl halides is 2. The van der Waals surface area contributed by atoms with Gasteiger partial charge in [0, 0.05) is 42.1 Å². The number of anilines is 1. The molecule has 1 saturated carbocycles. The zero-order valence-electron chi connectivity index (χ0n) is 20.8. The maximum absolute atomic E-state index is 13.5. The molecule has 6 rings (SSSR count). The Labute approximate surface area is 222 Å². The average Bonchev–Trinajstić information content (AvgIpc) is 3.47. The molecule has 0 radical (unpaired) electrons. The van der Waals surface area contributed by atoms with Gasteiger partial charge in [-0.3, -0.25) is 10.00 Å². The summed E-state index contributed by atoms with van der Waals surface area (Å²) >= 11 is 6.19. The fourth-order valence-electron chi connectivity index (χ4n) is 5.18. The second kappa shape index (κ2) is 9.37. The van der Waals surface area contributed by atoms with Gasteiger partial charge in [0.15, 0.2) is 0 Å². The van der Waals surface area contributed by atoms with E-state index in [1.54, 1.807) is 23.0 Å². The molecular formula is C25H26ClF2N9O. The van der Waals surface area contributed by atoms with Crippen molar-refractivity contribution in [3.63, 3.8) is 0 Å². The van der Waals surface area contributed by atoms with Crippen molar-refractivity contribution in [3.05, 3.63) is 76.0 Å². The molecule has 2 fully saturated rings. The number of hydrogen-bond acceptors (Lipinski definition) is 8. The number of hydrogen-bond donors (Lipinski definition) is 2. The van der Waals surface area contributed by atoms with Gasteiger partial charge in [-0.2, -0.15) is 5.10 Å². The summed E-state index contributed by atoms with van der Waals surface area (Å²) in [6.07, 6.45) is 2.33. The minimum atomic E-state index is -2.51. The van der Waals surface area contributed by atoms with Crippen molar-refractivity contribution in [3.8, 4) is 5.69 Å². The number of aliphatic hydroxyl groups excluding tert-OH is 1. The van der Waals surface area contributed by atoms with Crippen molar-refractivity contribution in [2.75, 3.05) is 18.0 Å². The monoisotopic (exact) mass is 541 g/mol. The average molecular weight is 542 g/mol. The van der Waals surface area contributed by atoms with Crippen LogP contribution in [0.4, 0.5) is 14.6 Å². The first-order chi connectivity index (χ1) is 18.2. The molecule has 13 heteroatoms. The number of aromatic nitrogens is 7. The Hall–Kier alpha value is -3.48. The van der Waals surface area contributed by atoms with E-state index in [-0.39, 0.29) is 0 Å². The van der Waals surface area contributed by atoms with E-state index in [0.717, 1.165) is 28.3 Å². The van der Waals surface area contributed by atoms with Crippen molar-refractivity contribution < 1.29 is 13.9 Å². The van der Waals surface area contributed by atoms with Crippen LogP contribution in [0.25, 0.3) is 5.69 Å². The molecule has 1 aliphatic heterocycles. The van der Waals surface area contributed by atoms with Gasteiger partial charge in [-0.15, -0.1) is 5.10 Å². The van der Waals surface area contributed by atoms with Crippen LogP contribution in [0.2, 0.25) is 5.02 Å². The molecule has 10 nitrogen and oxygen atoms in total. The van der Waals surface area contributed by atoms with Crippen LogP contribution in [0.1, 0.15) is 34.3 Å². The number of rotatable bonds is 8. The highest BCUT2D eigenvalue weighted by atomic mass is 35.5. The number of fused-ring (bicyclic) bond motifs is 1. The molecule has 0 bridgehead atoms. The summed E-state index contributed by atoms with van der Waals surface area (Å²) in [4.78, 5) is 6.61. The molecule has 0 amide bonds. The lowest BCUT2D eigenvalue weighted by molar-refractivity contribution is 0.0797. The largest absolute Gasteiger partial charge is 0.374 e. The highest BCUT2D eigenvalue weighted by Crippen LogP contribution is 2.59. The van der Waals surface area contributed by atoms with E-state index >= 15 is 0 Å². The smallest absolute Gasteiger partial charge is 0.258 e. The number of tetrazole rings is 1. The number of nitrogens with zero attached hydrogens (tertiary/aromatic N) is 8. The molecule has 1 saturated heterocycles. The summed E-state index contributed by atoms with van der Waals surface area (Å²) in [6.45, 7) is 5.23. The first-order valence-electron chi connectivity index (χ1n) is 12.3. The van der Waals surface area contributed by atoms with Crippen LogP contribution < -0.4 is 10.2 Å². The van der Waals surface area contributed by atoms with Gasteiger partial charge in [-0.05, 0) is 59.7 Å². The topological polar surface area (TPSA) is 110 Å². The van der Waals surface area contributed by atoms with E-state index in [1.807, 2.05) is 36.9 Å². The molecule has 3 atom stereocenters. The lowest BCUT2D eigenvalue weighted by Crippen LogP contribution is -2.28. The predicted molar refractivity (Wildman–Crippen MR) is 135 cm³/mol. The van der Waals surface area contributed by atoms with E-state index < -0.39 is 24.0 Å². The van der Waals surface area contributed by atoms with E-state index in [9.17, 15) is 13.9 Å². The number of piperidine rings is 1. The molecule has 0 spiro atoms. The Bertz CT molecular complexity index is 1460. The fraction of sp³-hybridized carbons (Fsp3) is 0.400. The molecule has 1 aromatic carbocycles. The van der Waals surface area contributed by atoms with Gasteiger partial charge in [0.1, 0.15) is 18.4 Å². The molecule has 2 N–H and O–H groups in total. The van der Waals surface area contributed by atoms with E-state index in [0.29, 0.717) is 42.5 Å². The van der Waals surface area contributed by atoms with E-state index in [4.69, 9.17) is 11.6 Å². The molecule has 198 valence electrons. The minimum absolute atomic E-state index is 0.316. The summed E-state index contributed by atoms with van der Waals surface area (Å²) in [5, 5.41) is 30.4. The maximum Gasteiger partial charge on any atom is 0.258 e. The third kappa shape index (κ3) is 4.52. The van der Waals surface area contributed by atoms with Crippen LogP contribution in [-0.2, 0) is 13.1 Å². The summed E-state index contributed by atoms with van der Waals surface area (Å²) in [5.74, 6) is -2.86. The fourth-order valence-corrected chi connectivity index (χ4v) is 5.37. The molecule has 3 aromatic heterocycles. The zero-order valence-corrected chi connectivity index (χ0v) is 21.5. The Morgan fingerprint density at radius 3 is 2.63 bits per heavy atom. The van der Waals surface area contributed by atoms with Crippen molar-refractivity contribution in [2.24, 2.45) is 11.8 Å². The molecule has 4 heterocycles. The van der Waals surface area contributed by atoms with Gasteiger partial charge in [0.05, 0.1) is 29.8 Å². The first kappa shape index (κ1) is 24.8. The normalized spacial score (nSPS) is 20.5. The molecule has 3 unspecified atom stereocenters. The van der Waals surface area contributed by atoms with Crippen LogP contribution >= 0.6 is 11.6 Å². The van der Waals surface area contributed by atoms with Gasteiger partial charge in [-0.25, -0.2) is 18.4 Å². The summed E-state index contributed by atoms with van der Waals surface area (Å²) < 4.78 is 30.4. The van der Waals surface area contributed by atoms with Crippen LogP contribution in [0, 0.1) is 25.7 Å². The van der Waals surface area contributed by atoms with Gasteiger partial charge in [0.2, 0.25) is 0 Å². The number of pyridine rings is 1. The van der Waals surface area contributed by atoms with Crippen LogP contribution in [0.15, 0.2) is 42.9 Å². The predicted octanol–water partition coefficient (Wildman–Crippen LogP) is 3.05. The third-order valence-corrected chi connectivity index (χ3v) is 7.67. The van der Waals surface area contributed by atoms with Gasteiger partial charge < -0.3 is 10.0 Å². The highest BCUT2D eigenvalue weighted by Gasteiger charge is 2.71. The SMILES string of the molecule is Cc1nc(N2CC3C(C2)C3(F)F)ccc1Cn1cc(C(O)NCc2cc(Cl)ccc2-n2cnnn2)c(C)n1. The maximum atomic E-state index is 13.5. The second-order valence-corrected chi connectivity index (χ2v) is 10.3. The minimum Gasteiger partial charge on any atom is -0.374 e. The van der Waals surface area contributed by atoms with Crippen molar-refractivity contribution >= 4 is 17.4 Å². The Morgan fingerprint density at radius 2 is 1.92 bits per heavy atom. The second-order valence-electron chi connectivity index (χ2n) is 9.88. The number of halogens is 3. The standard InChI is InChI=1S/C25H26ClF2N9O/c1-14-16(3-6-23(31-14)35-11-20-21(12-35)25(20,27)28)9-36-10-19(15(2)32-36)24(38)29-8-17-7-18(26)4-5-22(17)37-13-30-33-34-37/h3-7,10,13,20-21,24,29,38H,8-9,11-12H2,1-2H3. The summed E-state index contributed by atoms with van der Waals surface area (Å²) in [7, 11) is 0. The Balaban J connectivity index is 1.12. The van der Waals surface area contributed by atoms with E-state index in [2.05, 4.69) is 30.9 Å². The van der Waals surface area contributed by atoms with Gasteiger partial charge in [-0.1, -0.05) is 17.7 Å². The van der Waals surface area contributed by atoms with Gasteiger partial charge in [0.25, 0.3) is 5.92 Å². The summed E-state index contributed by atoms with van der Waals surface area (Å²) in [6, 6.07) is 9.21. The molecular weight excluding hydrogens is 516 g/mol. The van der Waals surface area contributed by atoms with Crippen molar-refractivity contribution in [1.29, 1.82) is 0 Å². The summed E-state index contributed by atoms with van der Waals surface area (Å²) in [5.41, 5.74) is 4.68.